The Morgan fingerprint density at radius 3 is 3.11 bits per heavy atom. The fourth-order valence-electron chi connectivity index (χ4n) is 3.19. The monoisotopic (exact) mass is 341 g/mol. The second kappa shape index (κ2) is 5.57. The summed E-state index contributed by atoms with van der Waals surface area (Å²) in [6.45, 7) is 4.06. The van der Waals surface area contributed by atoms with Gasteiger partial charge in [0.15, 0.2) is 0 Å². The maximum absolute atomic E-state index is 12.8. The van der Waals surface area contributed by atoms with E-state index < -0.39 is 0 Å². The van der Waals surface area contributed by atoms with Crippen molar-refractivity contribution in [1.29, 1.82) is 0 Å². The van der Waals surface area contributed by atoms with Crippen LogP contribution < -0.4 is 0 Å². The van der Waals surface area contributed by atoms with Gasteiger partial charge in [-0.3, -0.25) is 4.79 Å². The van der Waals surface area contributed by atoms with Gasteiger partial charge in [-0.1, -0.05) is 22.9 Å². The molecular weight excluding hydrogens is 322 g/mol. The van der Waals surface area contributed by atoms with Crippen LogP contribution in [0.2, 0.25) is 0 Å². The van der Waals surface area contributed by atoms with Crippen molar-refractivity contribution in [3.63, 3.8) is 0 Å². The summed E-state index contributed by atoms with van der Waals surface area (Å²) in [4.78, 5) is 16.7. The van der Waals surface area contributed by atoms with Crippen LogP contribution in [-0.4, -0.2) is 28.7 Å². The molecule has 1 saturated heterocycles. The van der Waals surface area contributed by atoms with Crippen molar-refractivity contribution in [2.75, 3.05) is 13.1 Å². The number of rotatable bonds is 1. The number of carbonyl (C=O) groups excluding carboxylic acids is 1. The standard InChI is InChI=1S/C15H20BrNOS/c1-10-5-7-17(9-13(10)16)15(18)12-3-2-4-14-11(12)6-8-19-14/h6,8,10,12-13H,2-5,7,9H2,1H3. The molecule has 2 nitrogen and oxygen atoms in total. The topological polar surface area (TPSA) is 20.3 Å². The molecule has 1 amide bonds. The number of carbonyl (C=O) groups is 1. The van der Waals surface area contributed by atoms with Crippen LogP contribution in [0, 0.1) is 5.92 Å². The first-order valence-electron chi connectivity index (χ1n) is 7.16. The molecule has 0 spiro atoms. The number of hydrogen-bond donors (Lipinski definition) is 0. The summed E-state index contributed by atoms with van der Waals surface area (Å²) in [5.74, 6) is 1.16. The minimum atomic E-state index is 0.128. The summed E-state index contributed by atoms with van der Waals surface area (Å²) in [7, 11) is 0. The maximum Gasteiger partial charge on any atom is 0.230 e. The average molecular weight is 342 g/mol. The zero-order valence-electron chi connectivity index (χ0n) is 11.3. The lowest BCUT2D eigenvalue weighted by Crippen LogP contribution is -2.45. The zero-order chi connectivity index (χ0) is 13.4. The SMILES string of the molecule is CC1CCN(C(=O)C2CCCc3sccc32)CC1Br. The van der Waals surface area contributed by atoms with Crippen LogP contribution in [0.1, 0.15) is 42.5 Å². The molecule has 0 radical (unpaired) electrons. The van der Waals surface area contributed by atoms with Crippen molar-refractivity contribution in [3.05, 3.63) is 21.9 Å². The van der Waals surface area contributed by atoms with Crippen LogP contribution in [0.5, 0.6) is 0 Å². The molecular formula is C15H20BrNOS. The van der Waals surface area contributed by atoms with Gasteiger partial charge in [0.2, 0.25) is 5.91 Å². The number of aryl methyl sites for hydroxylation is 1. The average Bonchev–Trinajstić information content (AvgIpc) is 2.89. The maximum atomic E-state index is 12.8. The van der Waals surface area contributed by atoms with Gasteiger partial charge in [0.25, 0.3) is 0 Å². The normalized spacial score (nSPS) is 31.1. The third-order valence-electron chi connectivity index (χ3n) is 4.53. The van der Waals surface area contributed by atoms with Crippen molar-refractivity contribution in [2.45, 2.75) is 43.4 Å². The zero-order valence-corrected chi connectivity index (χ0v) is 13.7. The molecule has 0 N–H and O–H groups in total. The Morgan fingerprint density at radius 2 is 2.32 bits per heavy atom. The highest BCUT2D eigenvalue weighted by Gasteiger charge is 2.34. The summed E-state index contributed by atoms with van der Waals surface area (Å²) in [5, 5.41) is 2.14. The van der Waals surface area contributed by atoms with Crippen LogP contribution in [0.25, 0.3) is 0 Å². The van der Waals surface area contributed by atoms with Crippen LogP contribution in [0.4, 0.5) is 0 Å². The molecule has 104 valence electrons. The second-order valence-electron chi connectivity index (χ2n) is 5.81. The molecule has 0 saturated carbocycles. The molecule has 2 heterocycles. The number of halogens is 1. The number of hydrogen-bond acceptors (Lipinski definition) is 2. The number of amides is 1. The van der Waals surface area contributed by atoms with E-state index in [1.54, 1.807) is 0 Å². The summed E-state index contributed by atoms with van der Waals surface area (Å²) in [6, 6.07) is 2.17. The van der Waals surface area contributed by atoms with Gasteiger partial charge in [0.1, 0.15) is 0 Å². The predicted octanol–water partition coefficient (Wildman–Crippen LogP) is 3.80. The second-order valence-corrected chi connectivity index (χ2v) is 7.99. The fraction of sp³-hybridized carbons (Fsp3) is 0.667. The van der Waals surface area contributed by atoms with Crippen molar-refractivity contribution >= 4 is 33.2 Å². The van der Waals surface area contributed by atoms with E-state index in [2.05, 4.69) is 39.2 Å². The van der Waals surface area contributed by atoms with Crippen molar-refractivity contribution in [2.24, 2.45) is 5.92 Å². The Labute approximate surface area is 127 Å². The van der Waals surface area contributed by atoms with Gasteiger partial charge in [-0.25, -0.2) is 0 Å². The molecule has 1 aliphatic carbocycles. The van der Waals surface area contributed by atoms with Crippen LogP contribution in [0.3, 0.4) is 0 Å². The van der Waals surface area contributed by atoms with Crippen molar-refractivity contribution in [3.8, 4) is 0 Å². The lowest BCUT2D eigenvalue weighted by atomic mass is 9.86. The number of likely N-dealkylation sites (tertiary alicyclic amines) is 1. The minimum Gasteiger partial charge on any atom is -0.341 e. The van der Waals surface area contributed by atoms with E-state index in [9.17, 15) is 4.79 Å². The molecule has 19 heavy (non-hydrogen) atoms. The highest BCUT2D eigenvalue weighted by atomic mass is 79.9. The number of fused-ring (bicyclic) bond motifs is 1. The first-order chi connectivity index (χ1) is 9.16. The van der Waals surface area contributed by atoms with E-state index in [0.29, 0.717) is 16.7 Å². The molecule has 1 aromatic heterocycles. The molecule has 0 bridgehead atoms. The quantitative estimate of drug-likeness (QED) is 0.711. The third-order valence-corrected chi connectivity index (χ3v) is 6.72. The van der Waals surface area contributed by atoms with E-state index in [1.807, 2.05) is 11.3 Å². The largest absolute Gasteiger partial charge is 0.341 e. The van der Waals surface area contributed by atoms with E-state index in [-0.39, 0.29) is 5.92 Å². The van der Waals surface area contributed by atoms with Gasteiger partial charge in [-0.05, 0) is 48.6 Å². The first kappa shape index (κ1) is 13.6. The summed E-state index contributed by atoms with van der Waals surface area (Å²) < 4.78 is 0. The number of thiophene rings is 1. The number of alkyl halides is 1. The highest BCUT2D eigenvalue weighted by Crippen LogP contribution is 2.37. The Morgan fingerprint density at radius 1 is 1.47 bits per heavy atom. The Kier molecular flexibility index (Phi) is 3.99. The molecule has 0 aromatic carbocycles. The third kappa shape index (κ3) is 2.62. The number of piperidine rings is 1. The summed E-state index contributed by atoms with van der Waals surface area (Å²) >= 11 is 5.53. The molecule has 4 heteroatoms. The van der Waals surface area contributed by atoms with Gasteiger partial charge >= 0.3 is 0 Å². The van der Waals surface area contributed by atoms with E-state index >= 15 is 0 Å². The molecule has 1 aromatic rings. The van der Waals surface area contributed by atoms with Crippen LogP contribution in [0.15, 0.2) is 11.4 Å². The van der Waals surface area contributed by atoms with E-state index in [4.69, 9.17) is 0 Å². The van der Waals surface area contributed by atoms with Gasteiger partial charge in [0, 0.05) is 22.8 Å². The van der Waals surface area contributed by atoms with Crippen molar-refractivity contribution in [1.82, 2.24) is 4.90 Å². The van der Waals surface area contributed by atoms with Gasteiger partial charge < -0.3 is 4.90 Å². The molecule has 1 fully saturated rings. The van der Waals surface area contributed by atoms with Gasteiger partial charge in [-0.15, -0.1) is 11.3 Å². The van der Waals surface area contributed by atoms with Crippen LogP contribution >= 0.6 is 27.3 Å². The van der Waals surface area contributed by atoms with Crippen molar-refractivity contribution < 1.29 is 4.79 Å². The summed E-state index contributed by atoms with van der Waals surface area (Å²) in [6.07, 6.45) is 4.47. The van der Waals surface area contributed by atoms with E-state index in [1.165, 1.54) is 10.4 Å². The smallest absolute Gasteiger partial charge is 0.230 e. The molecule has 3 unspecified atom stereocenters. The minimum absolute atomic E-state index is 0.128. The molecule has 1 aliphatic heterocycles. The predicted molar refractivity (Wildman–Crippen MR) is 83.1 cm³/mol. The van der Waals surface area contributed by atoms with Gasteiger partial charge in [-0.2, -0.15) is 0 Å². The lowest BCUT2D eigenvalue weighted by molar-refractivity contribution is -0.134. The van der Waals surface area contributed by atoms with E-state index in [0.717, 1.165) is 38.8 Å². The van der Waals surface area contributed by atoms with Gasteiger partial charge in [0.05, 0.1) is 5.92 Å². The Bertz CT molecular complexity index is 472. The Balaban J connectivity index is 1.75. The number of nitrogens with zero attached hydrogens (tertiary/aromatic N) is 1. The fourth-order valence-corrected chi connectivity index (χ4v) is 4.79. The summed E-state index contributed by atoms with van der Waals surface area (Å²) in [5.41, 5.74) is 1.31. The lowest BCUT2D eigenvalue weighted by Gasteiger charge is -2.37. The highest BCUT2D eigenvalue weighted by molar-refractivity contribution is 9.09. The molecule has 3 atom stereocenters. The molecule has 2 aliphatic rings. The first-order valence-corrected chi connectivity index (χ1v) is 8.95. The Hall–Kier alpha value is -0.350. The van der Waals surface area contributed by atoms with Crippen LogP contribution in [-0.2, 0) is 11.2 Å². The molecule has 3 rings (SSSR count).